The topological polar surface area (TPSA) is 55.0 Å². The lowest BCUT2D eigenvalue weighted by Gasteiger charge is -2.33. The highest BCUT2D eigenvalue weighted by atomic mass is 15.3. The monoisotopic (exact) mass is 248 g/mol. The van der Waals surface area contributed by atoms with Gasteiger partial charge in [-0.3, -0.25) is 0 Å². The molecule has 4 heteroatoms. The summed E-state index contributed by atoms with van der Waals surface area (Å²) in [5.41, 5.74) is 7.03. The Labute approximate surface area is 110 Å². The van der Waals surface area contributed by atoms with Crippen LogP contribution in [-0.2, 0) is 6.42 Å². The van der Waals surface area contributed by atoms with Crippen LogP contribution in [0.3, 0.4) is 0 Å². The lowest BCUT2D eigenvalue weighted by atomic mass is 9.91. The largest absolute Gasteiger partial charge is 0.355 e. The molecule has 100 valence electrons. The summed E-state index contributed by atoms with van der Waals surface area (Å²) in [5.74, 6) is 0.982. The minimum Gasteiger partial charge on any atom is -0.355 e. The Hall–Kier alpha value is -1.16. The molecule has 1 aliphatic rings. The van der Waals surface area contributed by atoms with E-state index in [9.17, 15) is 0 Å². The molecule has 0 saturated heterocycles. The third-order valence-electron chi connectivity index (χ3n) is 3.86. The molecule has 0 aromatic carbocycles. The molecule has 0 aliphatic heterocycles. The van der Waals surface area contributed by atoms with Gasteiger partial charge in [0.05, 0.1) is 5.69 Å². The van der Waals surface area contributed by atoms with E-state index in [2.05, 4.69) is 41.2 Å². The van der Waals surface area contributed by atoms with Crippen LogP contribution in [0.1, 0.15) is 44.7 Å². The van der Waals surface area contributed by atoms with Crippen molar-refractivity contribution >= 4 is 5.82 Å². The summed E-state index contributed by atoms with van der Waals surface area (Å²) in [5, 5.41) is 8.62. The zero-order valence-corrected chi connectivity index (χ0v) is 11.5. The van der Waals surface area contributed by atoms with Crippen LogP contribution >= 0.6 is 0 Å². The Balaban J connectivity index is 1.97. The van der Waals surface area contributed by atoms with Crippen LogP contribution < -0.4 is 10.6 Å². The van der Waals surface area contributed by atoms with Crippen molar-refractivity contribution in [2.24, 2.45) is 5.73 Å². The smallest absolute Gasteiger partial charge is 0.151 e. The summed E-state index contributed by atoms with van der Waals surface area (Å²) < 4.78 is 0. The number of hydrogen-bond donors (Lipinski definition) is 1. The highest BCUT2D eigenvalue weighted by molar-refractivity contribution is 5.37. The van der Waals surface area contributed by atoms with E-state index in [0.29, 0.717) is 12.1 Å². The maximum Gasteiger partial charge on any atom is 0.151 e. The Kier molecular flexibility index (Phi) is 4.53. The van der Waals surface area contributed by atoms with Crippen LogP contribution in [0.5, 0.6) is 0 Å². The highest BCUT2D eigenvalue weighted by Crippen LogP contribution is 2.24. The van der Waals surface area contributed by atoms with E-state index in [0.717, 1.165) is 50.0 Å². The van der Waals surface area contributed by atoms with Crippen LogP contribution in [-0.4, -0.2) is 29.3 Å². The van der Waals surface area contributed by atoms with Crippen LogP contribution in [0, 0.1) is 0 Å². The molecule has 4 nitrogen and oxygen atoms in total. The molecule has 2 N–H and O–H groups in total. The molecule has 1 aromatic heterocycles. The molecule has 18 heavy (non-hydrogen) atoms. The second-order valence-corrected chi connectivity index (χ2v) is 5.31. The van der Waals surface area contributed by atoms with E-state index < -0.39 is 0 Å². The fourth-order valence-electron chi connectivity index (χ4n) is 2.61. The molecule has 0 atom stereocenters. The molecule has 1 saturated carbocycles. The van der Waals surface area contributed by atoms with Crippen molar-refractivity contribution in [2.45, 2.75) is 57.5 Å². The summed E-state index contributed by atoms with van der Waals surface area (Å²) in [6, 6.07) is 5.15. The summed E-state index contributed by atoms with van der Waals surface area (Å²) in [4.78, 5) is 2.26. The molecular formula is C14H24N4. The molecule has 1 heterocycles. The lowest BCUT2D eigenvalue weighted by Crippen LogP contribution is -2.39. The van der Waals surface area contributed by atoms with Crippen LogP contribution in [0.2, 0.25) is 0 Å². The third kappa shape index (κ3) is 3.19. The first-order chi connectivity index (χ1) is 8.70. The van der Waals surface area contributed by atoms with E-state index in [1.807, 2.05) is 0 Å². The van der Waals surface area contributed by atoms with Gasteiger partial charge in [-0.2, -0.15) is 5.10 Å². The van der Waals surface area contributed by atoms with Crippen LogP contribution in [0.25, 0.3) is 0 Å². The van der Waals surface area contributed by atoms with E-state index in [1.54, 1.807) is 0 Å². The van der Waals surface area contributed by atoms with E-state index in [-0.39, 0.29) is 0 Å². The van der Waals surface area contributed by atoms with Crippen molar-refractivity contribution in [3.63, 3.8) is 0 Å². The van der Waals surface area contributed by atoms with Crippen molar-refractivity contribution in [3.05, 3.63) is 17.8 Å². The molecule has 0 radical (unpaired) electrons. The molecule has 0 spiro atoms. The quantitative estimate of drug-likeness (QED) is 0.887. The first-order valence-corrected chi connectivity index (χ1v) is 7.01. The Bertz CT molecular complexity index is 355. The van der Waals surface area contributed by atoms with Crippen molar-refractivity contribution in [3.8, 4) is 0 Å². The Morgan fingerprint density at radius 1 is 1.22 bits per heavy atom. The van der Waals surface area contributed by atoms with Gasteiger partial charge in [0.1, 0.15) is 0 Å². The minimum atomic E-state index is 0.396. The van der Waals surface area contributed by atoms with E-state index >= 15 is 0 Å². The minimum absolute atomic E-state index is 0.396. The van der Waals surface area contributed by atoms with Gasteiger partial charge in [-0.25, -0.2) is 0 Å². The molecule has 1 fully saturated rings. The number of nitrogens with two attached hydrogens (primary N) is 1. The second kappa shape index (κ2) is 6.14. The van der Waals surface area contributed by atoms with Gasteiger partial charge in [-0.05, 0) is 44.2 Å². The van der Waals surface area contributed by atoms with Crippen molar-refractivity contribution in [1.29, 1.82) is 0 Å². The number of nitrogens with zero attached hydrogens (tertiary/aromatic N) is 3. The van der Waals surface area contributed by atoms with Gasteiger partial charge in [0.25, 0.3) is 0 Å². The number of hydrogen-bond acceptors (Lipinski definition) is 4. The lowest BCUT2D eigenvalue weighted by molar-refractivity contribution is 0.383. The number of aryl methyl sites for hydroxylation is 1. The normalized spacial score (nSPS) is 23.9. The average Bonchev–Trinajstić information content (AvgIpc) is 2.40. The fourth-order valence-corrected chi connectivity index (χ4v) is 2.61. The number of rotatable bonds is 4. The van der Waals surface area contributed by atoms with E-state index in [4.69, 9.17) is 5.73 Å². The molecular weight excluding hydrogens is 224 g/mol. The predicted molar refractivity (Wildman–Crippen MR) is 74.7 cm³/mol. The molecule has 0 unspecified atom stereocenters. The van der Waals surface area contributed by atoms with Gasteiger partial charge in [-0.15, -0.1) is 5.10 Å². The maximum atomic E-state index is 5.94. The molecule has 0 bridgehead atoms. The van der Waals surface area contributed by atoms with Gasteiger partial charge in [-0.1, -0.05) is 13.3 Å². The van der Waals surface area contributed by atoms with Crippen LogP contribution in [0.15, 0.2) is 12.1 Å². The Morgan fingerprint density at radius 3 is 2.50 bits per heavy atom. The summed E-state index contributed by atoms with van der Waals surface area (Å²) >= 11 is 0. The molecule has 1 aromatic rings. The summed E-state index contributed by atoms with van der Waals surface area (Å²) in [6.07, 6.45) is 6.69. The van der Waals surface area contributed by atoms with Gasteiger partial charge in [0.15, 0.2) is 5.82 Å². The second-order valence-electron chi connectivity index (χ2n) is 5.31. The van der Waals surface area contributed by atoms with Gasteiger partial charge in [0, 0.05) is 19.1 Å². The van der Waals surface area contributed by atoms with Crippen molar-refractivity contribution in [2.75, 3.05) is 11.9 Å². The number of anilines is 1. The van der Waals surface area contributed by atoms with Crippen LogP contribution in [0.4, 0.5) is 5.82 Å². The summed E-state index contributed by atoms with van der Waals surface area (Å²) in [7, 11) is 2.12. The van der Waals surface area contributed by atoms with Gasteiger partial charge >= 0.3 is 0 Å². The molecule has 1 aliphatic carbocycles. The molecule has 2 rings (SSSR count). The summed E-state index contributed by atoms with van der Waals surface area (Å²) in [6.45, 7) is 2.16. The highest BCUT2D eigenvalue weighted by Gasteiger charge is 2.22. The van der Waals surface area contributed by atoms with Crippen molar-refractivity contribution in [1.82, 2.24) is 10.2 Å². The van der Waals surface area contributed by atoms with Crippen molar-refractivity contribution < 1.29 is 0 Å². The maximum absolute atomic E-state index is 5.94. The average molecular weight is 248 g/mol. The Morgan fingerprint density at radius 2 is 1.94 bits per heavy atom. The van der Waals surface area contributed by atoms with E-state index in [1.165, 1.54) is 0 Å². The van der Waals surface area contributed by atoms with Gasteiger partial charge < -0.3 is 10.6 Å². The molecule has 0 amide bonds. The standard InChI is InChI=1S/C14H24N4/c1-3-4-12-7-10-14(17-16-12)18(2)13-8-5-11(15)6-9-13/h7,10-11,13H,3-6,8-9,15H2,1-2H3. The first-order valence-electron chi connectivity index (χ1n) is 7.01. The first kappa shape index (κ1) is 13.3. The fraction of sp³-hybridized carbons (Fsp3) is 0.714. The zero-order valence-electron chi connectivity index (χ0n) is 11.5. The number of aromatic nitrogens is 2. The SMILES string of the molecule is CCCc1ccc(N(C)C2CCC(N)CC2)nn1. The predicted octanol–water partition coefficient (Wildman–Crippen LogP) is 2.14. The zero-order chi connectivity index (χ0) is 13.0. The van der Waals surface area contributed by atoms with Gasteiger partial charge in [0.2, 0.25) is 0 Å². The third-order valence-corrected chi connectivity index (χ3v) is 3.86.